The number of ether oxygens (including phenoxy) is 2. The topological polar surface area (TPSA) is 52.6 Å². The van der Waals surface area contributed by atoms with Crippen molar-refractivity contribution in [2.24, 2.45) is 0 Å². The molecule has 0 bridgehead atoms. The van der Waals surface area contributed by atoms with Crippen LogP contribution < -0.4 is 9.47 Å². The quantitative estimate of drug-likeness (QED) is 0.204. The van der Waals surface area contributed by atoms with Gasteiger partial charge in [-0.3, -0.25) is 9.59 Å². The molecule has 40 heavy (non-hydrogen) atoms. The molecular weight excluding hydrogens is 503 g/mol. The summed E-state index contributed by atoms with van der Waals surface area (Å²) in [5, 5.41) is 0. The van der Waals surface area contributed by atoms with Crippen molar-refractivity contribution >= 4 is 11.6 Å². The second kappa shape index (κ2) is 11.7. The SMILES string of the molecule is COc1c(OCc2cccc(C(C)=O)c2)cccc1C1CC(c2ccc(F)cc2)C=C1C(=O)c1ccccc1C. The number of para-hydroxylation sites is 1. The molecule has 0 aliphatic heterocycles. The van der Waals surface area contributed by atoms with Gasteiger partial charge in [0.1, 0.15) is 12.4 Å². The van der Waals surface area contributed by atoms with Crippen LogP contribution in [0.15, 0.2) is 103 Å². The minimum atomic E-state index is -0.293. The normalized spacial score (nSPS) is 16.4. The first-order valence-corrected chi connectivity index (χ1v) is 13.3. The fourth-order valence-corrected chi connectivity index (χ4v) is 5.42. The van der Waals surface area contributed by atoms with Crippen LogP contribution >= 0.6 is 0 Å². The summed E-state index contributed by atoms with van der Waals surface area (Å²) < 4.78 is 25.7. The van der Waals surface area contributed by atoms with E-state index < -0.39 is 0 Å². The summed E-state index contributed by atoms with van der Waals surface area (Å²) >= 11 is 0. The number of benzene rings is 4. The number of aryl methyl sites for hydroxylation is 1. The standard InChI is InChI=1S/C35H31FO4/c1-22-8-4-5-11-29(22)34(38)32-20-27(25-14-16-28(36)17-15-25)19-31(32)30-12-7-13-33(35(30)39-3)40-21-24-9-6-10-26(18-24)23(2)37/h4-18,20,27,31H,19,21H2,1-3H3. The molecule has 0 fully saturated rings. The molecule has 0 radical (unpaired) electrons. The number of allylic oxidation sites excluding steroid dienone is 2. The van der Waals surface area contributed by atoms with E-state index in [1.807, 2.05) is 73.7 Å². The van der Waals surface area contributed by atoms with Crippen molar-refractivity contribution in [3.05, 3.63) is 142 Å². The largest absolute Gasteiger partial charge is 0.493 e. The van der Waals surface area contributed by atoms with Gasteiger partial charge in [0, 0.05) is 34.1 Å². The Morgan fingerprint density at radius 1 is 0.925 bits per heavy atom. The number of rotatable bonds is 9. The zero-order valence-electron chi connectivity index (χ0n) is 22.8. The monoisotopic (exact) mass is 534 g/mol. The molecule has 4 nitrogen and oxygen atoms in total. The molecule has 0 spiro atoms. The van der Waals surface area contributed by atoms with E-state index in [1.54, 1.807) is 25.3 Å². The third kappa shape index (κ3) is 5.59. The van der Waals surface area contributed by atoms with Gasteiger partial charge >= 0.3 is 0 Å². The molecule has 5 rings (SSSR count). The Morgan fingerprint density at radius 3 is 2.40 bits per heavy atom. The number of Topliss-reactive ketones (excluding diaryl/α,β-unsaturated/α-hetero) is 2. The minimum absolute atomic E-state index is 0.00370. The Hall–Kier alpha value is -4.51. The highest BCUT2D eigenvalue weighted by Gasteiger charge is 2.35. The first-order valence-electron chi connectivity index (χ1n) is 13.3. The number of halogens is 1. The summed E-state index contributed by atoms with van der Waals surface area (Å²) in [4.78, 5) is 25.7. The lowest BCUT2D eigenvalue weighted by atomic mass is 9.85. The maximum atomic E-state index is 13.9. The van der Waals surface area contributed by atoms with E-state index in [1.165, 1.54) is 19.1 Å². The summed E-state index contributed by atoms with van der Waals surface area (Å²) in [6, 6.07) is 27.1. The van der Waals surface area contributed by atoms with Crippen molar-refractivity contribution in [3.63, 3.8) is 0 Å². The van der Waals surface area contributed by atoms with Gasteiger partial charge in [0.15, 0.2) is 23.1 Å². The average Bonchev–Trinajstić information content (AvgIpc) is 3.41. The molecule has 0 aromatic heterocycles. The van der Waals surface area contributed by atoms with Gasteiger partial charge < -0.3 is 9.47 Å². The number of methoxy groups -OCH3 is 1. The maximum absolute atomic E-state index is 13.9. The Balaban J connectivity index is 1.51. The molecule has 1 aliphatic carbocycles. The van der Waals surface area contributed by atoms with Crippen LogP contribution in [0.4, 0.5) is 4.39 Å². The van der Waals surface area contributed by atoms with Crippen LogP contribution in [0.5, 0.6) is 11.5 Å². The van der Waals surface area contributed by atoms with E-state index in [0.29, 0.717) is 34.6 Å². The summed E-state index contributed by atoms with van der Waals surface area (Å²) in [7, 11) is 1.60. The average molecular weight is 535 g/mol. The van der Waals surface area contributed by atoms with E-state index in [0.717, 1.165) is 22.3 Å². The lowest BCUT2D eigenvalue weighted by Crippen LogP contribution is -2.12. The van der Waals surface area contributed by atoms with Crippen LogP contribution in [-0.4, -0.2) is 18.7 Å². The molecule has 0 saturated carbocycles. The first-order chi connectivity index (χ1) is 19.4. The molecular formula is C35H31FO4. The predicted molar refractivity (Wildman–Crippen MR) is 154 cm³/mol. The van der Waals surface area contributed by atoms with E-state index in [-0.39, 0.29) is 35.8 Å². The fraction of sp³-hybridized carbons (Fsp3) is 0.200. The highest BCUT2D eigenvalue weighted by atomic mass is 19.1. The smallest absolute Gasteiger partial charge is 0.189 e. The zero-order chi connectivity index (χ0) is 28.2. The second-order valence-electron chi connectivity index (χ2n) is 10.1. The second-order valence-corrected chi connectivity index (χ2v) is 10.1. The van der Waals surface area contributed by atoms with Crippen LogP contribution in [-0.2, 0) is 6.61 Å². The van der Waals surface area contributed by atoms with Crippen molar-refractivity contribution in [3.8, 4) is 11.5 Å². The van der Waals surface area contributed by atoms with Crippen molar-refractivity contribution in [1.29, 1.82) is 0 Å². The van der Waals surface area contributed by atoms with Crippen LogP contribution in [0.25, 0.3) is 0 Å². The van der Waals surface area contributed by atoms with Crippen LogP contribution in [0, 0.1) is 12.7 Å². The molecule has 5 heteroatoms. The molecule has 0 heterocycles. The van der Waals surface area contributed by atoms with Crippen molar-refractivity contribution in [1.82, 2.24) is 0 Å². The third-order valence-corrected chi connectivity index (χ3v) is 7.51. The van der Waals surface area contributed by atoms with E-state index in [4.69, 9.17) is 9.47 Å². The molecule has 0 amide bonds. The zero-order valence-corrected chi connectivity index (χ0v) is 22.8. The number of carbonyl (C=O) groups is 2. The Bertz CT molecular complexity index is 1590. The van der Waals surface area contributed by atoms with Gasteiger partial charge in [-0.2, -0.15) is 0 Å². The van der Waals surface area contributed by atoms with Gasteiger partial charge in [0.25, 0.3) is 0 Å². The van der Waals surface area contributed by atoms with Crippen molar-refractivity contribution in [2.45, 2.75) is 38.7 Å². The summed E-state index contributed by atoms with van der Waals surface area (Å²) in [6.45, 7) is 3.73. The van der Waals surface area contributed by atoms with Gasteiger partial charge in [-0.1, -0.05) is 72.8 Å². The molecule has 1 aliphatic rings. The third-order valence-electron chi connectivity index (χ3n) is 7.51. The van der Waals surface area contributed by atoms with Gasteiger partial charge in [0.05, 0.1) is 7.11 Å². The molecule has 2 unspecified atom stereocenters. The number of hydrogen-bond donors (Lipinski definition) is 0. The first kappa shape index (κ1) is 27.1. The lowest BCUT2D eigenvalue weighted by Gasteiger charge is -2.21. The van der Waals surface area contributed by atoms with Gasteiger partial charge in [0.2, 0.25) is 0 Å². The van der Waals surface area contributed by atoms with E-state index in [9.17, 15) is 14.0 Å². The van der Waals surface area contributed by atoms with Crippen LogP contribution in [0.1, 0.15) is 68.2 Å². The van der Waals surface area contributed by atoms with E-state index >= 15 is 0 Å². The molecule has 2 atom stereocenters. The van der Waals surface area contributed by atoms with Gasteiger partial charge in [-0.05, 0) is 61.2 Å². The maximum Gasteiger partial charge on any atom is 0.189 e. The summed E-state index contributed by atoms with van der Waals surface area (Å²) in [5.74, 6) is 0.496. The van der Waals surface area contributed by atoms with Crippen molar-refractivity contribution in [2.75, 3.05) is 7.11 Å². The molecule has 0 N–H and O–H groups in total. The molecule has 4 aromatic rings. The Morgan fingerprint density at radius 2 is 1.68 bits per heavy atom. The minimum Gasteiger partial charge on any atom is -0.493 e. The molecule has 202 valence electrons. The predicted octanol–water partition coefficient (Wildman–Crippen LogP) is 8.00. The Kier molecular flexibility index (Phi) is 7.92. The van der Waals surface area contributed by atoms with Crippen molar-refractivity contribution < 1.29 is 23.5 Å². The molecule has 0 saturated heterocycles. The fourth-order valence-electron chi connectivity index (χ4n) is 5.42. The summed E-state index contributed by atoms with van der Waals surface area (Å²) in [6.07, 6.45) is 2.66. The van der Waals surface area contributed by atoms with Gasteiger partial charge in [-0.25, -0.2) is 4.39 Å². The number of ketones is 2. The van der Waals surface area contributed by atoms with Crippen LogP contribution in [0.2, 0.25) is 0 Å². The molecule has 4 aromatic carbocycles. The number of carbonyl (C=O) groups excluding carboxylic acids is 2. The van der Waals surface area contributed by atoms with Gasteiger partial charge in [-0.15, -0.1) is 0 Å². The lowest BCUT2D eigenvalue weighted by molar-refractivity contribution is 0.101. The Labute approximate surface area is 234 Å². The number of hydrogen-bond acceptors (Lipinski definition) is 4. The highest BCUT2D eigenvalue weighted by molar-refractivity contribution is 6.11. The van der Waals surface area contributed by atoms with Crippen LogP contribution in [0.3, 0.4) is 0 Å². The summed E-state index contributed by atoms with van der Waals surface area (Å²) in [5.41, 5.74) is 5.57. The highest BCUT2D eigenvalue weighted by Crippen LogP contribution is 2.49. The van der Waals surface area contributed by atoms with E-state index in [2.05, 4.69) is 0 Å².